The maximum atomic E-state index is 12.3. The maximum absolute atomic E-state index is 12.3. The summed E-state index contributed by atoms with van der Waals surface area (Å²) < 4.78 is 24.7. The first-order valence-electron chi connectivity index (χ1n) is 7.62. The lowest BCUT2D eigenvalue weighted by Gasteiger charge is -2.06. The van der Waals surface area contributed by atoms with Crippen molar-refractivity contribution in [3.05, 3.63) is 59.9 Å². The summed E-state index contributed by atoms with van der Waals surface area (Å²) in [6, 6.07) is 10.4. The maximum Gasteiger partial charge on any atom is 0.288 e. The Morgan fingerprint density at radius 2 is 1.96 bits per heavy atom. The highest BCUT2D eigenvalue weighted by Crippen LogP contribution is 2.27. The van der Waals surface area contributed by atoms with Crippen LogP contribution in [-0.2, 0) is 11.2 Å². The molecule has 9 heteroatoms. The summed E-state index contributed by atoms with van der Waals surface area (Å²) >= 11 is 1.80. The molecule has 1 fully saturated rings. The van der Waals surface area contributed by atoms with Gasteiger partial charge in [-0.1, -0.05) is 35.7 Å². The van der Waals surface area contributed by atoms with Crippen molar-refractivity contribution in [1.29, 1.82) is 0 Å². The SMILES string of the molecule is O=C1N/C(=N\N=Cc2ccncc2)SC1Cc1ccc(SC(F)F)cc1. The Kier molecular flexibility index (Phi) is 6.35. The minimum absolute atomic E-state index is 0.140. The molecular formula is C17H14F2N4OS2. The Morgan fingerprint density at radius 3 is 2.65 bits per heavy atom. The van der Waals surface area contributed by atoms with Crippen LogP contribution in [0.5, 0.6) is 0 Å². The third-order valence-corrected chi connectivity index (χ3v) is 5.20. The van der Waals surface area contributed by atoms with Crippen LogP contribution < -0.4 is 5.32 Å². The lowest BCUT2D eigenvalue weighted by molar-refractivity contribution is -0.118. The first-order valence-corrected chi connectivity index (χ1v) is 9.38. The van der Waals surface area contributed by atoms with E-state index in [0.717, 1.165) is 11.1 Å². The van der Waals surface area contributed by atoms with Crippen molar-refractivity contribution in [2.75, 3.05) is 0 Å². The van der Waals surface area contributed by atoms with Crippen LogP contribution in [0, 0.1) is 0 Å². The number of rotatable bonds is 6. The molecule has 0 aliphatic carbocycles. The number of amidine groups is 1. The molecule has 1 N–H and O–H groups in total. The lowest BCUT2D eigenvalue weighted by Crippen LogP contribution is -2.25. The number of pyridine rings is 1. The van der Waals surface area contributed by atoms with Crippen molar-refractivity contribution in [3.8, 4) is 0 Å². The highest BCUT2D eigenvalue weighted by molar-refractivity contribution is 8.15. The molecule has 1 unspecified atom stereocenters. The van der Waals surface area contributed by atoms with Crippen molar-refractivity contribution < 1.29 is 13.6 Å². The Labute approximate surface area is 157 Å². The van der Waals surface area contributed by atoms with E-state index in [4.69, 9.17) is 0 Å². The third-order valence-electron chi connectivity index (χ3n) is 3.41. The number of nitrogens with zero attached hydrogens (tertiary/aromatic N) is 3. The summed E-state index contributed by atoms with van der Waals surface area (Å²) in [5.41, 5.74) is 1.76. The zero-order valence-corrected chi connectivity index (χ0v) is 15.0. The van der Waals surface area contributed by atoms with Crippen molar-refractivity contribution in [1.82, 2.24) is 10.3 Å². The summed E-state index contributed by atoms with van der Waals surface area (Å²) in [5.74, 6) is -2.58. The number of aromatic nitrogens is 1. The molecule has 1 aliphatic rings. The van der Waals surface area contributed by atoms with E-state index in [1.807, 2.05) is 0 Å². The molecule has 3 rings (SSSR count). The van der Waals surface area contributed by atoms with Gasteiger partial charge in [0.05, 0.1) is 11.5 Å². The molecule has 0 bridgehead atoms. The minimum atomic E-state index is -2.44. The van der Waals surface area contributed by atoms with E-state index in [9.17, 15) is 13.6 Å². The van der Waals surface area contributed by atoms with E-state index < -0.39 is 5.76 Å². The van der Waals surface area contributed by atoms with Crippen molar-refractivity contribution in [2.24, 2.45) is 10.2 Å². The topological polar surface area (TPSA) is 66.7 Å². The van der Waals surface area contributed by atoms with Crippen LogP contribution in [0.4, 0.5) is 8.78 Å². The van der Waals surface area contributed by atoms with Gasteiger partial charge in [0.15, 0.2) is 5.17 Å². The van der Waals surface area contributed by atoms with Gasteiger partial charge < -0.3 is 5.32 Å². The molecule has 2 aromatic rings. The number of alkyl halides is 2. The predicted octanol–water partition coefficient (Wildman–Crippen LogP) is 3.56. The third kappa shape index (κ3) is 5.37. The van der Waals surface area contributed by atoms with Gasteiger partial charge in [-0.15, -0.1) is 5.10 Å². The minimum Gasteiger partial charge on any atom is -0.303 e. The summed E-state index contributed by atoms with van der Waals surface area (Å²) in [6.45, 7) is 0. The number of hydrogen-bond donors (Lipinski definition) is 1. The first-order chi connectivity index (χ1) is 12.6. The van der Waals surface area contributed by atoms with Gasteiger partial charge in [-0.3, -0.25) is 9.78 Å². The van der Waals surface area contributed by atoms with Crippen molar-refractivity contribution >= 4 is 40.8 Å². The molecule has 0 saturated carbocycles. The normalized spacial score (nSPS) is 18.8. The summed E-state index contributed by atoms with van der Waals surface area (Å²) in [6.07, 6.45) is 5.38. The van der Waals surface area contributed by atoms with Crippen LogP contribution in [0.15, 0.2) is 63.9 Å². The molecule has 134 valence electrons. The van der Waals surface area contributed by atoms with E-state index in [-0.39, 0.29) is 11.2 Å². The number of carbonyl (C=O) groups excluding carboxylic acids is 1. The molecule has 1 atom stereocenters. The number of halogens is 2. The highest BCUT2D eigenvalue weighted by Gasteiger charge is 2.30. The molecule has 1 aliphatic heterocycles. The molecule has 2 heterocycles. The Morgan fingerprint density at radius 1 is 1.23 bits per heavy atom. The quantitative estimate of drug-likeness (QED) is 0.464. The predicted molar refractivity (Wildman–Crippen MR) is 101 cm³/mol. The zero-order chi connectivity index (χ0) is 18.4. The second-order valence-corrected chi connectivity index (χ2v) is 7.51. The van der Waals surface area contributed by atoms with E-state index >= 15 is 0 Å². The smallest absolute Gasteiger partial charge is 0.288 e. The molecule has 5 nitrogen and oxygen atoms in total. The largest absolute Gasteiger partial charge is 0.303 e. The molecule has 1 aromatic heterocycles. The van der Waals surface area contributed by atoms with E-state index in [1.54, 1.807) is 55.0 Å². The standard InChI is InChI=1S/C17H14F2N4OS2/c18-16(19)25-13-3-1-11(2-4-13)9-14-15(24)22-17(26-14)23-21-10-12-5-7-20-8-6-12/h1-8,10,14,16H,9H2,(H,22,23,24). The second kappa shape index (κ2) is 8.91. The average molecular weight is 392 g/mol. The Bertz CT molecular complexity index is 813. The van der Waals surface area contributed by atoms with E-state index in [1.165, 1.54) is 11.8 Å². The molecule has 1 amide bonds. The monoisotopic (exact) mass is 392 g/mol. The fourth-order valence-electron chi connectivity index (χ4n) is 2.21. The Balaban J connectivity index is 1.57. The molecule has 1 saturated heterocycles. The van der Waals surface area contributed by atoms with Crippen LogP contribution in [0.25, 0.3) is 0 Å². The van der Waals surface area contributed by atoms with Crippen LogP contribution in [-0.4, -0.2) is 33.3 Å². The van der Waals surface area contributed by atoms with Crippen LogP contribution in [0.1, 0.15) is 11.1 Å². The fourth-order valence-corrected chi connectivity index (χ4v) is 3.67. The van der Waals surface area contributed by atoms with E-state index in [0.29, 0.717) is 28.2 Å². The van der Waals surface area contributed by atoms with Crippen LogP contribution in [0.3, 0.4) is 0 Å². The molecule has 0 spiro atoms. The number of benzene rings is 1. The average Bonchev–Trinajstić information content (AvgIpc) is 2.97. The number of thioether (sulfide) groups is 2. The van der Waals surface area contributed by atoms with Gasteiger partial charge in [-0.25, -0.2) is 0 Å². The number of hydrogen-bond acceptors (Lipinski definition) is 6. The van der Waals surface area contributed by atoms with Gasteiger partial charge >= 0.3 is 0 Å². The Hall–Kier alpha value is -2.26. The molecular weight excluding hydrogens is 378 g/mol. The summed E-state index contributed by atoms with van der Waals surface area (Å²) in [7, 11) is 0. The summed E-state index contributed by atoms with van der Waals surface area (Å²) in [5, 5.41) is 10.8. The van der Waals surface area contributed by atoms with Gasteiger partial charge in [0, 0.05) is 17.3 Å². The van der Waals surface area contributed by atoms with Gasteiger partial charge in [-0.05, 0) is 41.8 Å². The van der Waals surface area contributed by atoms with Crippen molar-refractivity contribution in [2.45, 2.75) is 22.3 Å². The number of nitrogens with one attached hydrogen (secondary N) is 1. The van der Waals surface area contributed by atoms with Crippen molar-refractivity contribution in [3.63, 3.8) is 0 Å². The molecule has 26 heavy (non-hydrogen) atoms. The summed E-state index contributed by atoms with van der Waals surface area (Å²) in [4.78, 5) is 16.5. The highest BCUT2D eigenvalue weighted by atomic mass is 32.2. The van der Waals surface area contributed by atoms with E-state index in [2.05, 4.69) is 20.5 Å². The lowest BCUT2D eigenvalue weighted by atomic mass is 10.1. The van der Waals surface area contributed by atoms with Crippen LogP contribution in [0.2, 0.25) is 0 Å². The number of amides is 1. The van der Waals surface area contributed by atoms with Gasteiger partial charge in [0.1, 0.15) is 0 Å². The van der Waals surface area contributed by atoms with Crippen LogP contribution >= 0.6 is 23.5 Å². The molecule has 0 radical (unpaired) electrons. The molecule has 1 aromatic carbocycles. The second-order valence-electron chi connectivity index (χ2n) is 5.25. The van der Waals surface area contributed by atoms with Gasteiger partial charge in [-0.2, -0.15) is 13.9 Å². The fraction of sp³-hybridized carbons (Fsp3) is 0.176. The first kappa shape index (κ1) is 18.5. The van der Waals surface area contributed by atoms with Gasteiger partial charge in [0.2, 0.25) is 5.91 Å². The number of carbonyl (C=O) groups is 1. The zero-order valence-electron chi connectivity index (χ0n) is 13.4. The van der Waals surface area contributed by atoms with Gasteiger partial charge in [0.25, 0.3) is 5.76 Å².